The fraction of sp³-hybridized carbons (Fsp3) is 0.462. The number of ether oxygens (including phenoxy) is 1. The molecule has 1 saturated carbocycles. The van der Waals surface area contributed by atoms with Crippen molar-refractivity contribution in [2.75, 3.05) is 0 Å². The highest BCUT2D eigenvalue weighted by atomic mass is 35.5. The highest BCUT2D eigenvalue weighted by molar-refractivity contribution is 6.30. The maximum absolute atomic E-state index is 11.8. The van der Waals surface area contributed by atoms with Crippen LogP contribution < -0.4 is 5.73 Å². The Balaban J connectivity index is 1.92. The van der Waals surface area contributed by atoms with Gasteiger partial charge in [0.05, 0.1) is 0 Å². The Labute approximate surface area is 106 Å². The lowest BCUT2D eigenvalue weighted by molar-refractivity contribution is -0.151. The first-order valence-electron chi connectivity index (χ1n) is 5.81. The number of hydrogen-bond acceptors (Lipinski definition) is 3. The molecule has 0 heterocycles. The van der Waals surface area contributed by atoms with Gasteiger partial charge in [-0.15, -0.1) is 0 Å². The molecule has 1 aromatic rings. The Morgan fingerprint density at radius 2 is 2.12 bits per heavy atom. The summed E-state index contributed by atoms with van der Waals surface area (Å²) in [5, 5.41) is 0.641. The Morgan fingerprint density at radius 1 is 1.41 bits per heavy atom. The molecule has 92 valence electrons. The minimum absolute atomic E-state index is 0.234. The quantitative estimate of drug-likeness (QED) is 0.843. The van der Waals surface area contributed by atoms with Crippen molar-refractivity contribution in [2.24, 2.45) is 5.73 Å². The molecule has 0 saturated heterocycles. The van der Waals surface area contributed by atoms with Crippen molar-refractivity contribution in [3.05, 3.63) is 34.9 Å². The van der Waals surface area contributed by atoms with E-state index in [2.05, 4.69) is 0 Å². The Hall–Kier alpha value is -1.06. The van der Waals surface area contributed by atoms with Crippen LogP contribution in [0.3, 0.4) is 0 Å². The number of carbonyl (C=O) groups excluding carboxylic acids is 1. The van der Waals surface area contributed by atoms with E-state index in [0.29, 0.717) is 5.02 Å². The molecule has 1 fully saturated rings. The highest BCUT2D eigenvalue weighted by Gasteiger charge is 2.38. The maximum Gasteiger partial charge on any atom is 0.326 e. The number of benzene rings is 1. The van der Waals surface area contributed by atoms with Gasteiger partial charge in [-0.2, -0.15) is 0 Å². The van der Waals surface area contributed by atoms with Gasteiger partial charge >= 0.3 is 5.97 Å². The number of carbonyl (C=O) groups is 1. The summed E-state index contributed by atoms with van der Waals surface area (Å²) in [4.78, 5) is 11.8. The van der Waals surface area contributed by atoms with E-state index in [0.717, 1.165) is 31.2 Å². The number of esters is 1. The molecule has 0 bridgehead atoms. The maximum atomic E-state index is 11.8. The number of nitrogens with two attached hydrogens (primary N) is 1. The molecule has 17 heavy (non-hydrogen) atoms. The summed E-state index contributed by atoms with van der Waals surface area (Å²) in [6, 6.07) is 7.28. The van der Waals surface area contributed by atoms with Crippen molar-refractivity contribution in [2.45, 2.75) is 37.8 Å². The van der Waals surface area contributed by atoms with E-state index in [1.54, 1.807) is 12.1 Å². The molecular formula is C13H16ClNO2. The summed E-state index contributed by atoms with van der Waals surface area (Å²) in [5.41, 5.74) is 6.11. The van der Waals surface area contributed by atoms with Crippen LogP contribution in [0, 0.1) is 0 Å². The second-order valence-corrected chi connectivity index (χ2v) is 5.01. The Kier molecular flexibility index (Phi) is 3.69. The molecule has 4 heteroatoms. The van der Waals surface area contributed by atoms with Crippen LogP contribution in [0.2, 0.25) is 5.02 Å². The molecule has 0 aliphatic heterocycles. The molecule has 0 spiro atoms. The minimum atomic E-state index is -0.765. The molecule has 0 atom stereocenters. The van der Waals surface area contributed by atoms with Crippen LogP contribution in [0.15, 0.2) is 24.3 Å². The van der Waals surface area contributed by atoms with Gasteiger partial charge in [-0.05, 0) is 30.5 Å². The fourth-order valence-electron chi connectivity index (χ4n) is 2.13. The fourth-order valence-corrected chi connectivity index (χ4v) is 2.34. The molecule has 1 aliphatic rings. The molecule has 0 unspecified atom stereocenters. The van der Waals surface area contributed by atoms with Gasteiger partial charge in [-0.3, -0.25) is 4.79 Å². The normalized spacial score (nSPS) is 18.0. The van der Waals surface area contributed by atoms with E-state index in [-0.39, 0.29) is 12.6 Å². The van der Waals surface area contributed by atoms with Crippen molar-refractivity contribution >= 4 is 17.6 Å². The monoisotopic (exact) mass is 253 g/mol. The van der Waals surface area contributed by atoms with Crippen LogP contribution in [0.1, 0.15) is 31.2 Å². The molecule has 1 aromatic carbocycles. The first-order chi connectivity index (χ1) is 8.10. The molecule has 1 aliphatic carbocycles. The van der Waals surface area contributed by atoms with Gasteiger partial charge in [0.25, 0.3) is 0 Å². The SMILES string of the molecule is NC1(C(=O)OCc2cccc(Cl)c2)CCCC1. The van der Waals surface area contributed by atoms with Gasteiger partial charge in [0.1, 0.15) is 12.1 Å². The predicted octanol–water partition coefficient (Wildman–Crippen LogP) is 2.65. The van der Waals surface area contributed by atoms with E-state index < -0.39 is 5.54 Å². The van der Waals surface area contributed by atoms with Crippen LogP contribution in [-0.4, -0.2) is 11.5 Å². The summed E-state index contributed by atoms with van der Waals surface area (Å²) < 4.78 is 5.25. The Morgan fingerprint density at radius 3 is 2.76 bits per heavy atom. The average molecular weight is 254 g/mol. The van der Waals surface area contributed by atoms with E-state index >= 15 is 0 Å². The van der Waals surface area contributed by atoms with Crippen LogP contribution in [0.5, 0.6) is 0 Å². The first-order valence-corrected chi connectivity index (χ1v) is 6.18. The standard InChI is InChI=1S/C13H16ClNO2/c14-11-5-3-4-10(8-11)9-17-12(16)13(15)6-1-2-7-13/h3-5,8H,1-2,6-7,9,15H2. The second kappa shape index (κ2) is 5.07. The zero-order chi connectivity index (χ0) is 12.3. The van der Waals surface area contributed by atoms with Gasteiger partial charge in [-0.25, -0.2) is 0 Å². The van der Waals surface area contributed by atoms with Gasteiger partial charge in [-0.1, -0.05) is 36.6 Å². The van der Waals surface area contributed by atoms with Gasteiger partial charge in [0, 0.05) is 5.02 Å². The van der Waals surface area contributed by atoms with Crippen LogP contribution >= 0.6 is 11.6 Å². The third kappa shape index (κ3) is 2.99. The van der Waals surface area contributed by atoms with E-state index in [1.807, 2.05) is 12.1 Å². The summed E-state index contributed by atoms with van der Waals surface area (Å²) >= 11 is 5.85. The smallest absolute Gasteiger partial charge is 0.326 e. The zero-order valence-corrected chi connectivity index (χ0v) is 10.4. The summed E-state index contributed by atoms with van der Waals surface area (Å²) in [5.74, 6) is -0.296. The van der Waals surface area contributed by atoms with Crippen molar-refractivity contribution in [1.29, 1.82) is 0 Å². The summed E-state index contributed by atoms with van der Waals surface area (Å²) in [7, 11) is 0. The number of hydrogen-bond donors (Lipinski definition) is 1. The lowest BCUT2D eigenvalue weighted by atomic mass is 10.00. The molecule has 3 nitrogen and oxygen atoms in total. The van der Waals surface area contributed by atoms with E-state index in [1.165, 1.54) is 0 Å². The van der Waals surface area contributed by atoms with Gasteiger partial charge in [0.15, 0.2) is 0 Å². The molecule has 0 aromatic heterocycles. The third-order valence-electron chi connectivity index (χ3n) is 3.16. The topological polar surface area (TPSA) is 52.3 Å². The number of rotatable bonds is 3. The predicted molar refractivity (Wildman–Crippen MR) is 66.6 cm³/mol. The van der Waals surface area contributed by atoms with Crippen molar-refractivity contribution in [3.8, 4) is 0 Å². The van der Waals surface area contributed by atoms with Gasteiger partial charge in [0.2, 0.25) is 0 Å². The second-order valence-electron chi connectivity index (χ2n) is 4.57. The average Bonchev–Trinajstić information content (AvgIpc) is 2.74. The van der Waals surface area contributed by atoms with Crippen molar-refractivity contribution in [1.82, 2.24) is 0 Å². The zero-order valence-electron chi connectivity index (χ0n) is 9.62. The van der Waals surface area contributed by atoms with Crippen LogP contribution in [0.25, 0.3) is 0 Å². The third-order valence-corrected chi connectivity index (χ3v) is 3.40. The van der Waals surface area contributed by atoms with Crippen LogP contribution in [-0.2, 0) is 16.1 Å². The summed E-state index contributed by atoms with van der Waals surface area (Å²) in [6.45, 7) is 0.234. The van der Waals surface area contributed by atoms with Crippen molar-refractivity contribution in [3.63, 3.8) is 0 Å². The minimum Gasteiger partial charge on any atom is -0.459 e. The molecule has 2 rings (SSSR count). The number of halogens is 1. The van der Waals surface area contributed by atoms with Gasteiger partial charge < -0.3 is 10.5 Å². The first kappa shape index (κ1) is 12.4. The molecular weight excluding hydrogens is 238 g/mol. The Bertz CT molecular complexity index is 414. The molecule has 2 N–H and O–H groups in total. The largest absolute Gasteiger partial charge is 0.459 e. The van der Waals surface area contributed by atoms with E-state index in [4.69, 9.17) is 22.1 Å². The van der Waals surface area contributed by atoms with Crippen LogP contribution in [0.4, 0.5) is 0 Å². The summed E-state index contributed by atoms with van der Waals surface area (Å²) in [6.07, 6.45) is 3.45. The molecule has 0 radical (unpaired) electrons. The van der Waals surface area contributed by atoms with E-state index in [9.17, 15) is 4.79 Å². The lowest BCUT2D eigenvalue weighted by Gasteiger charge is -2.21. The highest BCUT2D eigenvalue weighted by Crippen LogP contribution is 2.28. The molecule has 0 amide bonds. The van der Waals surface area contributed by atoms with Crippen molar-refractivity contribution < 1.29 is 9.53 Å². The lowest BCUT2D eigenvalue weighted by Crippen LogP contribution is -2.46.